The molecule has 0 atom stereocenters. The highest BCUT2D eigenvalue weighted by atomic mass is 32.1. The van der Waals surface area contributed by atoms with Crippen LogP contribution >= 0.6 is 11.3 Å². The number of esters is 1. The summed E-state index contributed by atoms with van der Waals surface area (Å²) in [5, 5.41) is 10.8. The van der Waals surface area contributed by atoms with E-state index in [9.17, 15) is 19.7 Å². The van der Waals surface area contributed by atoms with Crippen molar-refractivity contribution in [3.8, 4) is 0 Å². The number of benzene rings is 2. The summed E-state index contributed by atoms with van der Waals surface area (Å²) in [6.45, 7) is 1.88. The van der Waals surface area contributed by atoms with Gasteiger partial charge in [-0.2, -0.15) is 4.99 Å². The van der Waals surface area contributed by atoms with E-state index in [1.54, 1.807) is 10.6 Å². The molecule has 3 rings (SSSR count). The molecule has 3 aromatic rings. The van der Waals surface area contributed by atoms with Crippen molar-refractivity contribution in [3.05, 3.63) is 74.6 Å². The van der Waals surface area contributed by atoms with E-state index in [-0.39, 0.29) is 12.2 Å². The topological polar surface area (TPSA) is 104 Å². The molecule has 0 N–H and O–H groups in total. The summed E-state index contributed by atoms with van der Waals surface area (Å²) in [6, 6.07) is 11.7. The molecule has 0 bridgehead atoms. The van der Waals surface area contributed by atoms with Crippen LogP contribution in [0, 0.1) is 17.0 Å². The fourth-order valence-corrected chi connectivity index (χ4v) is 3.79. The first-order valence-corrected chi connectivity index (χ1v) is 9.37. The zero-order valence-electron chi connectivity index (χ0n) is 15.7. The molecule has 1 heterocycles. The normalized spacial score (nSPS) is 11.9. The summed E-state index contributed by atoms with van der Waals surface area (Å²) >= 11 is 1.29. The molecule has 29 heavy (non-hydrogen) atoms. The van der Waals surface area contributed by atoms with Crippen LogP contribution in [0.25, 0.3) is 16.3 Å². The number of nitrogens with zero attached hydrogens (tertiary/aromatic N) is 3. The van der Waals surface area contributed by atoms with Crippen molar-refractivity contribution in [2.45, 2.75) is 13.5 Å². The number of carbonyl (C=O) groups is 2. The largest absolute Gasteiger partial charge is 0.468 e. The molecular weight excluding hydrogens is 394 g/mol. The molecule has 8 nitrogen and oxygen atoms in total. The van der Waals surface area contributed by atoms with Gasteiger partial charge in [0.2, 0.25) is 0 Å². The molecule has 0 aliphatic rings. The average Bonchev–Trinajstić information content (AvgIpc) is 3.02. The SMILES string of the molecule is COC(=O)Cn1c(=NC(=O)/C=C/c2cccc([N+](=O)[O-])c2)sc2cc(C)ccc21. The maximum atomic E-state index is 12.3. The van der Waals surface area contributed by atoms with Crippen molar-refractivity contribution in [3.63, 3.8) is 0 Å². The van der Waals surface area contributed by atoms with Gasteiger partial charge in [0.1, 0.15) is 6.54 Å². The summed E-state index contributed by atoms with van der Waals surface area (Å²) in [5.74, 6) is -0.996. The first-order valence-electron chi connectivity index (χ1n) is 8.55. The van der Waals surface area contributed by atoms with Crippen LogP contribution in [0.1, 0.15) is 11.1 Å². The van der Waals surface area contributed by atoms with Crippen LogP contribution in [0.3, 0.4) is 0 Å². The van der Waals surface area contributed by atoms with Crippen molar-refractivity contribution in [2.75, 3.05) is 7.11 Å². The zero-order chi connectivity index (χ0) is 21.0. The fourth-order valence-electron chi connectivity index (χ4n) is 2.65. The van der Waals surface area contributed by atoms with Crippen LogP contribution < -0.4 is 4.80 Å². The Morgan fingerprint density at radius 2 is 2.07 bits per heavy atom. The summed E-state index contributed by atoms with van der Waals surface area (Å²) in [7, 11) is 1.30. The third-order valence-corrected chi connectivity index (χ3v) is 5.10. The Kier molecular flexibility index (Phi) is 5.99. The number of non-ortho nitro benzene ring substituents is 1. The minimum atomic E-state index is -0.543. The molecule has 0 aliphatic heterocycles. The maximum absolute atomic E-state index is 12.3. The number of nitro benzene ring substituents is 1. The Hall–Kier alpha value is -3.59. The number of hydrogen-bond donors (Lipinski definition) is 0. The van der Waals surface area contributed by atoms with Crippen molar-refractivity contribution in [1.29, 1.82) is 0 Å². The number of aryl methyl sites for hydroxylation is 1. The van der Waals surface area contributed by atoms with Crippen molar-refractivity contribution in [1.82, 2.24) is 4.57 Å². The standard InChI is InChI=1S/C20H17N3O5S/c1-13-6-8-16-17(10-13)29-20(22(16)12-19(25)28-2)21-18(24)9-7-14-4-3-5-15(11-14)23(26)27/h3-11H,12H2,1-2H3/b9-7+,21-20?. The molecule has 148 valence electrons. The van der Waals surface area contributed by atoms with Gasteiger partial charge in [-0.25, -0.2) is 0 Å². The molecule has 1 amide bonds. The lowest BCUT2D eigenvalue weighted by Gasteiger charge is -2.03. The van der Waals surface area contributed by atoms with Crippen molar-refractivity contribution in [2.24, 2.45) is 4.99 Å². The Labute approximate surface area is 169 Å². The molecule has 0 unspecified atom stereocenters. The smallest absolute Gasteiger partial charge is 0.325 e. The highest BCUT2D eigenvalue weighted by Crippen LogP contribution is 2.19. The number of thiazole rings is 1. The average molecular weight is 411 g/mol. The van der Waals surface area contributed by atoms with Gasteiger partial charge in [-0.1, -0.05) is 29.5 Å². The number of hydrogen-bond acceptors (Lipinski definition) is 6. The number of aromatic nitrogens is 1. The van der Waals surface area contributed by atoms with Crippen LogP contribution in [0.2, 0.25) is 0 Å². The second kappa shape index (κ2) is 8.61. The maximum Gasteiger partial charge on any atom is 0.325 e. The van der Waals surface area contributed by atoms with Gasteiger partial charge < -0.3 is 9.30 Å². The minimum absolute atomic E-state index is 0.0627. The third kappa shape index (κ3) is 4.82. The zero-order valence-corrected chi connectivity index (χ0v) is 16.5. The molecule has 9 heteroatoms. The molecule has 1 aromatic heterocycles. The quantitative estimate of drug-likeness (QED) is 0.277. The van der Waals surface area contributed by atoms with Crippen LogP contribution in [-0.2, 0) is 20.9 Å². The Morgan fingerprint density at radius 1 is 1.28 bits per heavy atom. The number of fused-ring (bicyclic) bond motifs is 1. The second-order valence-electron chi connectivity index (χ2n) is 6.15. The van der Waals surface area contributed by atoms with Crippen LogP contribution in [0.15, 0.2) is 53.5 Å². The highest BCUT2D eigenvalue weighted by molar-refractivity contribution is 7.16. The van der Waals surface area contributed by atoms with Crippen LogP contribution in [0.4, 0.5) is 5.69 Å². The first kappa shape index (κ1) is 20.2. The number of nitro groups is 1. The Morgan fingerprint density at radius 3 is 2.79 bits per heavy atom. The lowest BCUT2D eigenvalue weighted by molar-refractivity contribution is -0.384. The number of carbonyl (C=O) groups excluding carboxylic acids is 2. The third-order valence-electron chi connectivity index (χ3n) is 4.06. The van der Waals surface area contributed by atoms with Gasteiger partial charge in [-0.15, -0.1) is 0 Å². The van der Waals surface area contributed by atoms with E-state index in [1.165, 1.54) is 48.8 Å². The molecule has 0 radical (unpaired) electrons. The summed E-state index contributed by atoms with van der Waals surface area (Å²) in [4.78, 5) is 38.9. The van der Waals surface area contributed by atoms with E-state index < -0.39 is 16.8 Å². The van der Waals surface area contributed by atoms with Crippen molar-refractivity contribution >= 4 is 45.2 Å². The lowest BCUT2D eigenvalue weighted by atomic mass is 10.2. The number of rotatable bonds is 5. The minimum Gasteiger partial charge on any atom is -0.468 e. The molecule has 0 saturated carbocycles. The number of ether oxygens (including phenoxy) is 1. The summed E-state index contributed by atoms with van der Waals surface area (Å²) < 4.78 is 7.26. The molecule has 0 aliphatic carbocycles. The monoisotopic (exact) mass is 411 g/mol. The van der Waals surface area contributed by atoms with E-state index >= 15 is 0 Å². The fraction of sp³-hybridized carbons (Fsp3) is 0.150. The second-order valence-corrected chi connectivity index (χ2v) is 7.16. The van der Waals surface area contributed by atoms with Gasteiger partial charge >= 0.3 is 5.97 Å². The van der Waals surface area contributed by atoms with Gasteiger partial charge in [-0.05, 0) is 36.3 Å². The lowest BCUT2D eigenvalue weighted by Crippen LogP contribution is -2.22. The van der Waals surface area contributed by atoms with Crippen molar-refractivity contribution < 1.29 is 19.2 Å². The van der Waals surface area contributed by atoms with E-state index in [0.29, 0.717) is 10.4 Å². The van der Waals surface area contributed by atoms with Gasteiger partial charge in [0, 0.05) is 18.2 Å². The molecule has 0 saturated heterocycles. The van der Waals surface area contributed by atoms with Gasteiger partial charge in [-0.3, -0.25) is 19.7 Å². The number of amides is 1. The Balaban J connectivity index is 1.97. The van der Waals surface area contributed by atoms with E-state index in [4.69, 9.17) is 4.74 Å². The van der Waals surface area contributed by atoms with Crippen LogP contribution in [-0.4, -0.2) is 28.5 Å². The van der Waals surface area contributed by atoms with Crippen LogP contribution in [0.5, 0.6) is 0 Å². The predicted molar refractivity (Wildman–Crippen MR) is 109 cm³/mol. The van der Waals surface area contributed by atoms with E-state index in [0.717, 1.165) is 15.8 Å². The first-order chi connectivity index (χ1) is 13.9. The summed E-state index contributed by atoms with van der Waals surface area (Å²) in [5.41, 5.74) is 2.28. The molecule has 0 spiro atoms. The van der Waals surface area contributed by atoms with Gasteiger partial charge in [0.05, 0.1) is 22.2 Å². The van der Waals surface area contributed by atoms with E-state index in [1.807, 2.05) is 25.1 Å². The van der Waals surface area contributed by atoms with E-state index in [2.05, 4.69) is 4.99 Å². The summed E-state index contributed by atoms with van der Waals surface area (Å²) in [6.07, 6.45) is 2.69. The molecule has 2 aromatic carbocycles. The predicted octanol–water partition coefficient (Wildman–Crippen LogP) is 3.23. The van der Waals surface area contributed by atoms with Gasteiger partial charge in [0.25, 0.3) is 11.6 Å². The highest BCUT2D eigenvalue weighted by Gasteiger charge is 2.11. The van der Waals surface area contributed by atoms with Gasteiger partial charge in [0.15, 0.2) is 4.80 Å². The Bertz CT molecular complexity index is 1210. The molecule has 0 fully saturated rings. The number of methoxy groups -OCH3 is 1. The molecular formula is C20H17N3O5S.